The molecule has 0 heterocycles. The van der Waals surface area contributed by atoms with Crippen molar-refractivity contribution in [2.45, 2.75) is 27.7 Å². The molecular formula is C21H27FN2O3. The average molecular weight is 374 g/mol. The van der Waals surface area contributed by atoms with E-state index in [-0.39, 0.29) is 22.6 Å². The van der Waals surface area contributed by atoms with Crippen LogP contribution in [0, 0.1) is 18.2 Å². The smallest absolute Gasteiger partial charge is 0.337 e. The van der Waals surface area contributed by atoms with Crippen LogP contribution in [0.1, 0.15) is 42.3 Å². The zero-order chi connectivity index (χ0) is 20.8. The number of methoxy groups -OCH3 is 1. The first-order valence-corrected chi connectivity index (χ1v) is 8.47. The fourth-order valence-corrected chi connectivity index (χ4v) is 2.17. The van der Waals surface area contributed by atoms with Gasteiger partial charge >= 0.3 is 5.97 Å². The van der Waals surface area contributed by atoms with Crippen LogP contribution in [0.15, 0.2) is 42.5 Å². The fourth-order valence-electron chi connectivity index (χ4n) is 2.17. The minimum atomic E-state index is -0.660. The van der Waals surface area contributed by atoms with Gasteiger partial charge in [0.15, 0.2) is 0 Å². The summed E-state index contributed by atoms with van der Waals surface area (Å²) in [6, 6.07) is 2.56. The highest BCUT2D eigenvalue weighted by molar-refractivity contribution is 5.96. The Labute approximate surface area is 159 Å². The summed E-state index contributed by atoms with van der Waals surface area (Å²) >= 11 is 0. The second-order valence-corrected chi connectivity index (χ2v) is 7.31. The molecule has 27 heavy (non-hydrogen) atoms. The number of benzene rings is 1. The van der Waals surface area contributed by atoms with Gasteiger partial charge in [-0.25, -0.2) is 9.18 Å². The summed E-state index contributed by atoms with van der Waals surface area (Å²) in [7, 11) is 1.22. The lowest BCUT2D eigenvalue weighted by Crippen LogP contribution is -2.32. The van der Waals surface area contributed by atoms with E-state index in [2.05, 4.69) is 16.6 Å². The quantitative estimate of drug-likeness (QED) is 0.454. The molecule has 0 unspecified atom stereocenters. The van der Waals surface area contributed by atoms with Crippen LogP contribution in [0.4, 0.5) is 4.39 Å². The molecule has 6 heteroatoms. The monoisotopic (exact) mass is 374 g/mol. The highest BCUT2D eigenvalue weighted by atomic mass is 19.1. The van der Waals surface area contributed by atoms with Gasteiger partial charge in [0.05, 0.1) is 12.7 Å². The van der Waals surface area contributed by atoms with E-state index in [1.165, 1.54) is 31.4 Å². The highest BCUT2D eigenvalue weighted by Gasteiger charge is 2.15. The lowest BCUT2D eigenvalue weighted by molar-refractivity contribution is -0.117. The SMILES string of the molecule is C=C/C(=C\C=C(/N)c1cc(C(=O)OC)cc(F)c1C)C(=O)NCC(C)(C)C. The molecule has 0 aromatic heterocycles. The molecule has 1 aromatic carbocycles. The van der Waals surface area contributed by atoms with Crippen molar-refractivity contribution in [3.8, 4) is 0 Å². The molecule has 0 bridgehead atoms. The maximum atomic E-state index is 14.1. The van der Waals surface area contributed by atoms with Crippen molar-refractivity contribution >= 4 is 17.6 Å². The number of nitrogens with one attached hydrogen (secondary N) is 1. The van der Waals surface area contributed by atoms with Crippen LogP contribution >= 0.6 is 0 Å². The third kappa shape index (κ3) is 6.40. The number of hydrogen-bond donors (Lipinski definition) is 2. The van der Waals surface area contributed by atoms with E-state index in [9.17, 15) is 14.0 Å². The normalized spacial score (nSPS) is 12.5. The Hall–Kier alpha value is -2.89. The number of nitrogens with two attached hydrogens (primary N) is 1. The number of rotatable bonds is 6. The van der Waals surface area contributed by atoms with Gasteiger partial charge < -0.3 is 15.8 Å². The van der Waals surface area contributed by atoms with Crippen LogP contribution < -0.4 is 11.1 Å². The number of allylic oxidation sites excluding steroid dienone is 2. The molecular weight excluding hydrogens is 347 g/mol. The average Bonchev–Trinajstić information content (AvgIpc) is 2.60. The van der Waals surface area contributed by atoms with Gasteiger partial charge in [0.1, 0.15) is 5.82 Å². The molecule has 0 aliphatic heterocycles. The van der Waals surface area contributed by atoms with Crippen LogP contribution in [-0.4, -0.2) is 25.5 Å². The van der Waals surface area contributed by atoms with E-state index < -0.39 is 11.8 Å². The molecule has 0 radical (unpaired) electrons. The molecule has 0 atom stereocenters. The van der Waals surface area contributed by atoms with Crippen molar-refractivity contribution in [3.63, 3.8) is 0 Å². The molecule has 0 fully saturated rings. The number of carbonyl (C=O) groups excluding carboxylic acids is 2. The molecule has 3 N–H and O–H groups in total. The van der Waals surface area contributed by atoms with Crippen LogP contribution in [0.5, 0.6) is 0 Å². The Bertz CT molecular complexity index is 802. The summed E-state index contributed by atoms with van der Waals surface area (Å²) < 4.78 is 18.7. The van der Waals surface area contributed by atoms with Crippen LogP contribution in [0.3, 0.4) is 0 Å². The summed E-state index contributed by atoms with van der Waals surface area (Å²) in [5, 5.41) is 2.82. The molecule has 1 aromatic rings. The molecule has 146 valence electrons. The van der Waals surface area contributed by atoms with Gasteiger partial charge in [-0.15, -0.1) is 0 Å². The number of hydrogen-bond acceptors (Lipinski definition) is 4. The van der Waals surface area contributed by atoms with Crippen molar-refractivity contribution in [3.05, 3.63) is 65.0 Å². The van der Waals surface area contributed by atoms with Gasteiger partial charge in [0, 0.05) is 23.4 Å². The lowest BCUT2D eigenvalue weighted by Gasteiger charge is -2.18. The highest BCUT2D eigenvalue weighted by Crippen LogP contribution is 2.21. The summed E-state index contributed by atoms with van der Waals surface area (Å²) in [5.41, 5.74) is 7.23. The number of esters is 1. The second kappa shape index (κ2) is 9.16. The Morgan fingerprint density at radius 2 is 1.93 bits per heavy atom. The summed E-state index contributed by atoms with van der Waals surface area (Å²) in [6.45, 7) is 11.7. The van der Waals surface area contributed by atoms with Gasteiger partial charge in [0.25, 0.3) is 5.91 Å². The molecule has 1 amide bonds. The largest absolute Gasteiger partial charge is 0.465 e. The molecule has 0 spiro atoms. The molecule has 0 aliphatic carbocycles. The first-order valence-electron chi connectivity index (χ1n) is 8.47. The van der Waals surface area contributed by atoms with Crippen LogP contribution in [0.25, 0.3) is 5.70 Å². The molecule has 0 saturated carbocycles. The predicted octanol–water partition coefficient (Wildman–Crippen LogP) is 3.50. The van der Waals surface area contributed by atoms with Gasteiger partial charge in [-0.2, -0.15) is 0 Å². The maximum absolute atomic E-state index is 14.1. The van der Waals surface area contributed by atoms with E-state index in [0.29, 0.717) is 23.2 Å². The zero-order valence-electron chi connectivity index (χ0n) is 16.5. The van der Waals surface area contributed by atoms with Crippen molar-refractivity contribution in [2.75, 3.05) is 13.7 Å². The van der Waals surface area contributed by atoms with E-state index in [1.807, 2.05) is 20.8 Å². The van der Waals surface area contributed by atoms with Gasteiger partial charge in [0.2, 0.25) is 0 Å². The summed E-state index contributed by atoms with van der Waals surface area (Å²) in [5.74, 6) is -1.51. The Balaban J connectivity index is 3.17. The van der Waals surface area contributed by atoms with Crippen molar-refractivity contribution in [2.24, 2.45) is 11.1 Å². The minimum Gasteiger partial charge on any atom is -0.465 e. The molecule has 0 saturated heterocycles. The van der Waals surface area contributed by atoms with Gasteiger partial charge in [-0.05, 0) is 42.2 Å². The van der Waals surface area contributed by atoms with E-state index >= 15 is 0 Å². The molecule has 5 nitrogen and oxygen atoms in total. The first-order chi connectivity index (χ1) is 12.5. The lowest BCUT2D eigenvalue weighted by atomic mass is 9.97. The number of carbonyl (C=O) groups is 2. The number of halogens is 1. The standard InChI is InChI=1S/C21H27FN2O3/c1-7-14(19(25)24-12-21(3,4)5)8-9-18(23)16-10-15(20(26)27-6)11-17(22)13(16)2/h7-11H,1,12,23H2,2-6H3,(H,24,25)/b14-8+,18-9-. The van der Waals surface area contributed by atoms with Crippen molar-refractivity contribution in [1.82, 2.24) is 5.32 Å². The minimum absolute atomic E-state index is 0.0558. The summed E-state index contributed by atoms with van der Waals surface area (Å²) in [6.07, 6.45) is 4.40. The third-order valence-electron chi connectivity index (χ3n) is 3.78. The fraction of sp³-hybridized carbons (Fsp3) is 0.333. The van der Waals surface area contributed by atoms with Crippen LogP contribution in [0.2, 0.25) is 0 Å². The van der Waals surface area contributed by atoms with Gasteiger partial charge in [-0.1, -0.05) is 33.4 Å². The van der Waals surface area contributed by atoms with E-state index in [4.69, 9.17) is 5.73 Å². The Kier molecular flexibility index (Phi) is 7.52. The number of amides is 1. The number of ether oxygens (including phenoxy) is 1. The van der Waals surface area contributed by atoms with Crippen molar-refractivity contribution in [1.29, 1.82) is 0 Å². The summed E-state index contributed by atoms with van der Waals surface area (Å²) in [4.78, 5) is 23.9. The Morgan fingerprint density at radius 3 is 2.44 bits per heavy atom. The zero-order valence-corrected chi connectivity index (χ0v) is 16.5. The second-order valence-electron chi connectivity index (χ2n) is 7.31. The third-order valence-corrected chi connectivity index (χ3v) is 3.78. The van der Waals surface area contributed by atoms with Gasteiger partial charge in [-0.3, -0.25) is 4.79 Å². The van der Waals surface area contributed by atoms with E-state index in [1.54, 1.807) is 6.92 Å². The predicted molar refractivity (Wildman–Crippen MR) is 105 cm³/mol. The molecule has 0 aliphatic rings. The van der Waals surface area contributed by atoms with E-state index in [0.717, 1.165) is 6.07 Å². The van der Waals surface area contributed by atoms with Crippen LogP contribution in [-0.2, 0) is 9.53 Å². The Morgan fingerprint density at radius 1 is 1.30 bits per heavy atom. The van der Waals surface area contributed by atoms with Crippen molar-refractivity contribution < 1.29 is 18.7 Å². The topological polar surface area (TPSA) is 81.4 Å². The maximum Gasteiger partial charge on any atom is 0.337 e. The first kappa shape index (κ1) is 22.2. The molecule has 1 rings (SSSR count).